The van der Waals surface area contributed by atoms with Crippen LogP contribution in [-0.2, 0) is 15.9 Å². The number of thiazole rings is 1. The van der Waals surface area contributed by atoms with Crippen LogP contribution in [0.2, 0.25) is 0 Å². The van der Waals surface area contributed by atoms with Gasteiger partial charge in [0.1, 0.15) is 17.0 Å². The number of carbonyl (C=O) groups is 2. The minimum atomic E-state index is -0.645. The van der Waals surface area contributed by atoms with Crippen molar-refractivity contribution in [3.63, 3.8) is 0 Å². The number of amides is 2. The standard InChI is InChI=1S/C20H29N5O4S/c1-19(2,3)28-17(26)24-16-23-14(12-30-16)9-10-25(18(27)29-20(4,5)6)15-8-7-13(21)11-22-15/h7-8,11-12H,9-10,21H2,1-6H3,(H,23,24,26). The highest BCUT2D eigenvalue weighted by Gasteiger charge is 2.24. The fourth-order valence-electron chi connectivity index (χ4n) is 2.27. The van der Waals surface area contributed by atoms with Crippen molar-refractivity contribution < 1.29 is 19.1 Å². The molecule has 10 heteroatoms. The summed E-state index contributed by atoms with van der Waals surface area (Å²) in [5.74, 6) is 0.431. The first-order valence-corrected chi connectivity index (χ1v) is 10.4. The highest BCUT2D eigenvalue weighted by molar-refractivity contribution is 7.13. The number of anilines is 3. The van der Waals surface area contributed by atoms with Gasteiger partial charge in [-0.3, -0.25) is 10.2 Å². The number of nitrogens with two attached hydrogens (primary N) is 1. The second-order valence-electron chi connectivity index (χ2n) is 8.60. The van der Waals surface area contributed by atoms with Gasteiger partial charge in [0.2, 0.25) is 0 Å². The van der Waals surface area contributed by atoms with E-state index >= 15 is 0 Å². The van der Waals surface area contributed by atoms with Gasteiger partial charge in [-0.1, -0.05) is 0 Å². The molecule has 0 atom stereocenters. The number of ether oxygens (including phenoxy) is 2. The van der Waals surface area contributed by atoms with Gasteiger partial charge in [0.05, 0.1) is 17.6 Å². The number of rotatable bonds is 5. The number of aromatic nitrogens is 2. The predicted octanol–water partition coefficient (Wildman–Crippen LogP) is 4.45. The molecule has 2 rings (SSSR count). The van der Waals surface area contributed by atoms with Crippen LogP contribution >= 0.6 is 11.3 Å². The zero-order chi connectivity index (χ0) is 22.5. The summed E-state index contributed by atoms with van der Waals surface area (Å²) < 4.78 is 10.7. The van der Waals surface area contributed by atoms with Gasteiger partial charge >= 0.3 is 12.2 Å². The Labute approximate surface area is 180 Å². The van der Waals surface area contributed by atoms with Crippen LogP contribution in [0.4, 0.5) is 26.2 Å². The molecule has 0 bridgehead atoms. The maximum absolute atomic E-state index is 12.7. The Morgan fingerprint density at radius 3 is 2.37 bits per heavy atom. The van der Waals surface area contributed by atoms with Crippen molar-refractivity contribution in [2.24, 2.45) is 0 Å². The quantitative estimate of drug-likeness (QED) is 0.712. The second-order valence-corrected chi connectivity index (χ2v) is 9.46. The molecule has 0 aliphatic rings. The summed E-state index contributed by atoms with van der Waals surface area (Å²) in [5, 5.41) is 4.85. The molecule has 2 aromatic heterocycles. The molecular formula is C20H29N5O4S. The molecule has 2 aromatic rings. The first kappa shape index (κ1) is 23.4. The van der Waals surface area contributed by atoms with E-state index in [1.165, 1.54) is 22.4 Å². The lowest BCUT2D eigenvalue weighted by Gasteiger charge is -2.26. The van der Waals surface area contributed by atoms with E-state index in [0.29, 0.717) is 29.6 Å². The highest BCUT2D eigenvalue weighted by atomic mass is 32.1. The molecule has 0 radical (unpaired) electrons. The molecule has 0 aliphatic carbocycles. The van der Waals surface area contributed by atoms with Crippen LogP contribution in [0, 0.1) is 0 Å². The van der Waals surface area contributed by atoms with Gasteiger partial charge in [-0.2, -0.15) is 0 Å². The van der Waals surface area contributed by atoms with Crippen LogP contribution in [0.15, 0.2) is 23.7 Å². The third kappa shape index (κ3) is 7.86. The third-order valence-corrected chi connectivity index (χ3v) is 4.22. The smallest absolute Gasteiger partial charge is 0.416 e. The van der Waals surface area contributed by atoms with Gasteiger partial charge in [-0.15, -0.1) is 11.3 Å². The van der Waals surface area contributed by atoms with Gasteiger partial charge < -0.3 is 15.2 Å². The summed E-state index contributed by atoms with van der Waals surface area (Å²) in [7, 11) is 0. The molecule has 0 aromatic carbocycles. The molecule has 0 saturated heterocycles. The summed E-state index contributed by atoms with van der Waals surface area (Å²) in [6, 6.07) is 3.33. The summed E-state index contributed by atoms with van der Waals surface area (Å²) in [5.41, 5.74) is 5.68. The summed E-state index contributed by atoms with van der Waals surface area (Å²) >= 11 is 1.28. The van der Waals surface area contributed by atoms with Crippen molar-refractivity contribution in [3.05, 3.63) is 29.4 Å². The molecule has 2 amide bonds. The van der Waals surface area contributed by atoms with Gasteiger partial charge in [0, 0.05) is 18.3 Å². The Kier molecular flexibility index (Phi) is 7.25. The zero-order valence-electron chi connectivity index (χ0n) is 18.2. The van der Waals surface area contributed by atoms with Crippen molar-refractivity contribution in [2.45, 2.75) is 59.2 Å². The Morgan fingerprint density at radius 2 is 1.80 bits per heavy atom. The van der Waals surface area contributed by atoms with E-state index in [1.54, 1.807) is 53.7 Å². The van der Waals surface area contributed by atoms with Crippen molar-refractivity contribution in [1.82, 2.24) is 9.97 Å². The third-order valence-electron chi connectivity index (χ3n) is 3.41. The fourth-order valence-corrected chi connectivity index (χ4v) is 3.00. The Balaban J connectivity index is 2.06. The molecule has 164 valence electrons. The van der Waals surface area contributed by atoms with E-state index < -0.39 is 23.4 Å². The number of hydrogen-bond acceptors (Lipinski definition) is 8. The molecule has 0 unspecified atom stereocenters. The lowest BCUT2D eigenvalue weighted by Crippen LogP contribution is -2.38. The van der Waals surface area contributed by atoms with Crippen LogP contribution in [0.5, 0.6) is 0 Å². The van der Waals surface area contributed by atoms with E-state index in [9.17, 15) is 9.59 Å². The predicted molar refractivity (Wildman–Crippen MR) is 118 cm³/mol. The van der Waals surface area contributed by atoms with Gasteiger partial charge in [0.25, 0.3) is 0 Å². The average Bonchev–Trinajstić information content (AvgIpc) is 3.00. The molecule has 2 heterocycles. The first-order chi connectivity index (χ1) is 13.8. The normalized spacial score (nSPS) is 11.7. The van der Waals surface area contributed by atoms with Crippen LogP contribution in [0.1, 0.15) is 47.2 Å². The minimum absolute atomic E-state index is 0.293. The van der Waals surface area contributed by atoms with Crippen molar-refractivity contribution in [1.29, 1.82) is 0 Å². The largest absolute Gasteiger partial charge is 0.444 e. The molecule has 0 spiro atoms. The van der Waals surface area contributed by atoms with E-state index in [4.69, 9.17) is 15.2 Å². The monoisotopic (exact) mass is 435 g/mol. The number of carbonyl (C=O) groups excluding carboxylic acids is 2. The molecule has 0 saturated carbocycles. The zero-order valence-corrected chi connectivity index (χ0v) is 19.0. The number of nitrogens with one attached hydrogen (secondary N) is 1. The highest BCUT2D eigenvalue weighted by Crippen LogP contribution is 2.20. The fraction of sp³-hybridized carbons (Fsp3) is 0.500. The number of nitrogen functional groups attached to an aromatic ring is 1. The maximum atomic E-state index is 12.7. The van der Waals surface area contributed by atoms with Crippen LogP contribution < -0.4 is 16.0 Å². The van der Waals surface area contributed by atoms with E-state index in [-0.39, 0.29) is 0 Å². The Hall–Kier alpha value is -2.88. The Morgan fingerprint density at radius 1 is 1.13 bits per heavy atom. The number of pyridine rings is 1. The number of hydrogen-bond donors (Lipinski definition) is 2. The molecular weight excluding hydrogens is 406 g/mol. The summed E-state index contributed by atoms with van der Waals surface area (Å²) in [6.45, 7) is 11.1. The number of nitrogens with zero attached hydrogens (tertiary/aromatic N) is 3. The van der Waals surface area contributed by atoms with Crippen molar-refractivity contribution >= 4 is 40.2 Å². The first-order valence-electron chi connectivity index (χ1n) is 9.49. The maximum Gasteiger partial charge on any atom is 0.416 e. The van der Waals surface area contributed by atoms with Gasteiger partial charge in [-0.25, -0.2) is 19.6 Å². The SMILES string of the molecule is CC(C)(C)OC(=O)Nc1nc(CCN(C(=O)OC(C)(C)C)c2ccc(N)cn2)cs1. The van der Waals surface area contributed by atoms with Crippen LogP contribution in [0.3, 0.4) is 0 Å². The second kappa shape index (κ2) is 9.29. The lowest BCUT2D eigenvalue weighted by molar-refractivity contribution is 0.0577. The van der Waals surface area contributed by atoms with Crippen molar-refractivity contribution in [3.8, 4) is 0 Å². The molecule has 3 N–H and O–H groups in total. The van der Waals surface area contributed by atoms with Gasteiger partial charge in [-0.05, 0) is 53.7 Å². The summed E-state index contributed by atoms with van der Waals surface area (Å²) in [6.07, 6.45) is 0.850. The van der Waals surface area contributed by atoms with Crippen LogP contribution in [0.25, 0.3) is 0 Å². The van der Waals surface area contributed by atoms with E-state index in [2.05, 4.69) is 15.3 Å². The Bertz CT molecular complexity index is 869. The molecule has 30 heavy (non-hydrogen) atoms. The van der Waals surface area contributed by atoms with Crippen molar-refractivity contribution in [2.75, 3.05) is 22.5 Å². The molecule has 9 nitrogen and oxygen atoms in total. The van der Waals surface area contributed by atoms with Crippen LogP contribution in [-0.4, -0.2) is 39.9 Å². The average molecular weight is 436 g/mol. The van der Waals surface area contributed by atoms with Gasteiger partial charge in [0.15, 0.2) is 5.13 Å². The molecule has 0 fully saturated rings. The molecule has 0 aliphatic heterocycles. The minimum Gasteiger partial charge on any atom is -0.444 e. The summed E-state index contributed by atoms with van der Waals surface area (Å²) in [4.78, 5) is 34.6. The lowest BCUT2D eigenvalue weighted by atomic mass is 10.2. The van der Waals surface area contributed by atoms with E-state index in [1.807, 2.05) is 5.38 Å². The topological polar surface area (TPSA) is 120 Å². The van der Waals surface area contributed by atoms with E-state index in [0.717, 1.165) is 5.69 Å².